The topological polar surface area (TPSA) is 39.1 Å². The molecule has 1 aromatic rings. The summed E-state index contributed by atoms with van der Waals surface area (Å²) in [7, 11) is 0. The first-order chi connectivity index (χ1) is 9.31. The van der Waals surface area contributed by atoms with Crippen LogP contribution in [-0.4, -0.2) is 34.3 Å². The zero-order valence-corrected chi connectivity index (χ0v) is 12.0. The maximum absolute atomic E-state index is 6.02. The Morgan fingerprint density at radius 3 is 3.00 bits per heavy atom. The van der Waals surface area contributed by atoms with Gasteiger partial charge < -0.3 is 14.6 Å². The van der Waals surface area contributed by atoms with Crippen LogP contribution in [0.25, 0.3) is 0 Å². The van der Waals surface area contributed by atoms with E-state index in [-0.39, 0.29) is 0 Å². The molecule has 0 aliphatic carbocycles. The minimum absolute atomic E-state index is 0.485. The molecule has 1 aromatic heterocycles. The monoisotopic (exact) mass is 263 g/mol. The number of imidazole rings is 1. The summed E-state index contributed by atoms with van der Waals surface area (Å²) in [5.41, 5.74) is 0. The van der Waals surface area contributed by atoms with E-state index in [4.69, 9.17) is 4.74 Å². The number of rotatable bonds is 6. The molecule has 3 heterocycles. The van der Waals surface area contributed by atoms with E-state index in [2.05, 4.69) is 34.9 Å². The molecular formula is C15H25N3O. The molecule has 3 rings (SSSR count). The van der Waals surface area contributed by atoms with Crippen LogP contribution in [-0.2, 0) is 17.7 Å². The van der Waals surface area contributed by atoms with Crippen LogP contribution in [0.2, 0.25) is 0 Å². The fraction of sp³-hybridized carbons (Fsp3) is 0.800. The van der Waals surface area contributed by atoms with Gasteiger partial charge in [-0.2, -0.15) is 0 Å². The van der Waals surface area contributed by atoms with Crippen molar-refractivity contribution in [3.8, 4) is 0 Å². The van der Waals surface area contributed by atoms with Gasteiger partial charge in [-0.15, -0.1) is 0 Å². The van der Waals surface area contributed by atoms with Crippen molar-refractivity contribution in [2.75, 3.05) is 6.54 Å². The molecule has 0 radical (unpaired) electrons. The number of aromatic nitrogens is 2. The van der Waals surface area contributed by atoms with Crippen LogP contribution in [0.1, 0.15) is 38.9 Å². The summed E-state index contributed by atoms with van der Waals surface area (Å²) >= 11 is 0. The van der Waals surface area contributed by atoms with Crippen LogP contribution in [0.15, 0.2) is 12.4 Å². The molecule has 4 atom stereocenters. The number of aryl methyl sites for hydroxylation is 1. The molecule has 1 N–H and O–H groups in total. The third-order valence-electron chi connectivity index (χ3n) is 4.68. The van der Waals surface area contributed by atoms with Crippen molar-refractivity contribution in [2.24, 2.45) is 5.92 Å². The van der Waals surface area contributed by atoms with Gasteiger partial charge in [0.15, 0.2) is 0 Å². The minimum atomic E-state index is 0.485. The summed E-state index contributed by atoms with van der Waals surface area (Å²) in [6, 6.07) is 0.507. The fourth-order valence-corrected chi connectivity index (χ4v) is 3.75. The molecule has 0 amide bonds. The predicted molar refractivity (Wildman–Crippen MR) is 75.1 cm³/mol. The Labute approximate surface area is 115 Å². The van der Waals surface area contributed by atoms with Crippen LogP contribution >= 0.6 is 0 Å². The van der Waals surface area contributed by atoms with Gasteiger partial charge in [-0.3, -0.25) is 0 Å². The molecule has 2 aliphatic heterocycles. The summed E-state index contributed by atoms with van der Waals surface area (Å²) in [6.45, 7) is 6.38. The fourth-order valence-electron chi connectivity index (χ4n) is 3.75. The summed E-state index contributed by atoms with van der Waals surface area (Å²) in [5, 5.41) is 3.67. The first-order valence-electron chi connectivity index (χ1n) is 7.70. The lowest BCUT2D eigenvalue weighted by Gasteiger charge is -2.29. The number of fused-ring (bicyclic) bond motifs is 2. The van der Waals surface area contributed by atoms with Crippen LogP contribution in [0.5, 0.6) is 0 Å². The van der Waals surface area contributed by atoms with Crippen molar-refractivity contribution in [2.45, 2.75) is 64.3 Å². The van der Waals surface area contributed by atoms with E-state index in [0.717, 1.165) is 19.5 Å². The lowest BCUT2D eigenvalue weighted by Crippen LogP contribution is -2.42. The molecule has 2 bridgehead atoms. The van der Waals surface area contributed by atoms with Crippen LogP contribution < -0.4 is 5.32 Å². The second-order valence-electron chi connectivity index (χ2n) is 5.77. The Morgan fingerprint density at radius 2 is 2.37 bits per heavy atom. The van der Waals surface area contributed by atoms with Crippen molar-refractivity contribution in [1.82, 2.24) is 14.9 Å². The van der Waals surface area contributed by atoms with Crippen molar-refractivity contribution in [1.29, 1.82) is 0 Å². The minimum Gasteiger partial charge on any atom is -0.375 e. The second kappa shape index (κ2) is 5.63. The highest BCUT2D eigenvalue weighted by atomic mass is 16.5. The number of hydrogen-bond acceptors (Lipinski definition) is 3. The SMILES string of the molecule is CCNC(Cc1nccn1CC)C1CC2CCC1O2. The highest BCUT2D eigenvalue weighted by Crippen LogP contribution is 2.40. The van der Waals surface area contributed by atoms with Gasteiger partial charge in [0.25, 0.3) is 0 Å². The number of hydrogen-bond donors (Lipinski definition) is 1. The molecule has 0 spiro atoms. The van der Waals surface area contributed by atoms with Crippen molar-refractivity contribution in [3.05, 3.63) is 18.2 Å². The van der Waals surface area contributed by atoms with Gasteiger partial charge >= 0.3 is 0 Å². The van der Waals surface area contributed by atoms with Crippen LogP contribution in [0, 0.1) is 5.92 Å². The lowest BCUT2D eigenvalue weighted by atomic mass is 9.82. The standard InChI is InChI=1S/C15H25N3O/c1-3-16-13(10-15-17-7-8-18(15)4-2)12-9-11-5-6-14(12)19-11/h7-8,11-14,16H,3-6,9-10H2,1-2H3. The molecule has 0 saturated carbocycles. The van der Waals surface area contributed by atoms with Crippen molar-refractivity contribution >= 4 is 0 Å². The Hall–Kier alpha value is -0.870. The lowest BCUT2D eigenvalue weighted by molar-refractivity contribution is 0.0856. The molecule has 4 heteroatoms. The van der Waals surface area contributed by atoms with Gasteiger partial charge in [-0.25, -0.2) is 4.98 Å². The van der Waals surface area contributed by atoms with Gasteiger partial charge in [-0.1, -0.05) is 6.92 Å². The average Bonchev–Trinajstić information content (AvgIpc) is 3.13. The Kier molecular flexibility index (Phi) is 3.89. The Bertz CT molecular complexity index is 417. The average molecular weight is 263 g/mol. The number of likely N-dealkylation sites (N-methyl/N-ethyl adjacent to an activating group) is 1. The number of ether oxygens (including phenoxy) is 1. The molecular weight excluding hydrogens is 238 g/mol. The van der Waals surface area contributed by atoms with Gasteiger partial charge in [0.1, 0.15) is 5.82 Å². The molecule has 4 nitrogen and oxygen atoms in total. The van der Waals surface area contributed by atoms with Gasteiger partial charge in [0, 0.05) is 37.3 Å². The number of nitrogens with one attached hydrogen (secondary N) is 1. The van der Waals surface area contributed by atoms with E-state index in [0.29, 0.717) is 24.2 Å². The first kappa shape index (κ1) is 13.1. The van der Waals surface area contributed by atoms with E-state index in [1.165, 1.54) is 25.1 Å². The third-order valence-corrected chi connectivity index (χ3v) is 4.68. The normalized spacial score (nSPS) is 30.9. The highest BCUT2D eigenvalue weighted by molar-refractivity contribution is 5.01. The summed E-state index contributed by atoms with van der Waals surface area (Å²) < 4.78 is 8.27. The molecule has 2 fully saturated rings. The Balaban J connectivity index is 1.71. The molecule has 106 valence electrons. The molecule has 2 aliphatic rings. The van der Waals surface area contributed by atoms with E-state index in [1.807, 2.05) is 6.20 Å². The summed E-state index contributed by atoms with van der Waals surface area (Å²) in [5.74, 6) is 1.87. The number of nitrogens with zero attached hydrogens (tertiary/aromatic N) is 2. The molecule has 2 saturated heterocycles. The largest absolute Gasteiger partial charge is 0.375 e. The molecule has 4 unspecified atom stereocenters. The smallest absolute Gasteiger partial charge is 0.110 e. The molecule has 0 aromatic carbocycles. The molecule has 19 heavy (non-hydrogen) atoms. The van der Waals surface area contributed by atoms with Gasteiger partial charge in [0.2, 0.25) is 0 Å². The van der Waals surface area contributed by atoms with E-state index in [1.54, 1.807) is 0 Å². The van der Waals surface area contributed by atoms with Gasteiger partial charge in [-0.05, 0) is 32.7 Å². The maximum atomic E-state index is 6.02. The van der Waals surface area contributed by atoms with Gasteiger partial charge in [0.05, 0.1) is 12.2 Å². The third kappa shape index (κ3) is 2.56. The Morgan fingerprint density at radius 1 is 1.47 bits per heavy atom. The van der Waals surface area contributed by atoms with Crippen LogP contribution in [0.3, 0.4) is 0 Å². The summed E-state index contributed by atoms with van der Waals surface area (Å²) in [6.07, 6.45) is 9.78. The predicted octanol–water partition coefficient (Wildman–Crippen LogP) is 1.99. The van der Waals surface area contributed by atoms with Crippen molar-refractivity contribution in [3.63, 3.8) is 0 Å². The first-order valence-corrected chi connectivity index (χ1v) is 7.70. The van der Waals surface area contributed by atoms with E-state index < -0.39 is 0 Å². The van der Waals surface area contributed by atoms with E-state index in [9.17, 15) is 0 Å². The second-order valence-corrected chi connectivity index (χ2v) is 5.77. The van der Waals surface area contributed by atoms with E-state index >= 15 is 0 Å². The summed E-state index contributed by atoms with van der Waals surface area (Å²) in [4.78, 5) is 4.52. The maximum Gasteiger partial charge on any atom is 0.110 e. The zero-order chi connectivity index (χ0) is 13.2. The highest BCUT2D eigenvalue weighted by Gasteiger charge is 2.44. The zero-order valence-electron chi connectivity index (χ0n) is 12.0. The quantitative estimate of drug-likeness (QED) is 0.853. The van der Waals surface area contributed by atoms with Crippen molar-refractivity contribution < 1.29 is 4.74 Å². The van der Waals surface area contributed by atoms with Crippen LogP contribution in [0.4, 0.5) is 0 Å².